The van der Waals surface area contributed by atoms with E-state index in [4.69, 9.17) is 5.73 Å². The Morgan fingerprint density at radius 3 is 2.57 bits per heavy atom. The van der Waals surface area contributed by atoms with Gasteiger partial charge in [0.05, 0.1) is 12.1 Å². The van der Waals surface area contributed by atoms with Crippen LogP contribution in [0.5, 0.6) is 0 Å². The number of para-hydroxylation sites is 1. The molecule has 0 unspecified atom stereocenters. The van der Waals surface area contributed by atoms with E-state index in [-0.39, 0.29) is 24.0 Å². The van der Waals surface area contributed by atoms with Crippen molar-refractivity contribution in [3.63, 3.8) is 0 Å². The molecule has 1 aromatic carbocycles. The Hall–Kier alpha value is -2.63. The van der Waals surface area contributed by atoms with Gasteiger partial charge in [-0.15, -0.1) is 0 Å². The number of rotatable bonds is 5. The fourth-order valence-electron chi connectivity index (χ4n) is 2.15. The highest BCUT2D eigenvalue weighted by molar-refractivity contribution is 5.99. The second kappa shape index (κ2) is 5.78. The number of carboxylic acid groups (broad SMARTS) is 1. The summed E-state index contributed by atoms with van der Waals surface area (Å²) in [6.07, 6.45) is 0. The molecular formula is C15H17N3O3. The minimum atomic E-state index is -1.08. The van der Waals surface area contributed by atoms with Gasteiger partial charge in [0.15, 0.2) is 0 Å². The van der Waals surface area contributed by atoms with Crippen molar-refractivity contribution in [1.29, 1.82) is 0 Å². The highest BCUT2D eigenvalue weighted by Crippen LogP contribution is 2.25. The highest BCUT2D eigenvalue weighted by Gasteiger charge is 2.22. The SMILES string of the molecule is CC(C)N(CC(N)=O)c1nc2ccccc2cc1C(=O)O. The van der Waals surface area contributed by atoms with Crippen molar-refractivity contribution in [2.24, 2.45) is 5.73 Å². The van der Waals surface area contributed by atoms with Crippen molar-refractivity contribution in [3.05, 3.63) is 35.9 Å². The molecule has 0 saturated heterocycles. The number of primary amides is 1. The molecule has 2 rings (SSSR count). The Kier molecular flexibility index (Phi) is 4.07. The zero-order chi connectivity index (χ0) is 15.6. The Morgan fingerprint density at radius 2 is 2.00 bits per heavy atom. The molecule has 1 aromatic heterocycles. The number of carbonyl (C=O) groups is 2. The van der Waals surface area contributed by atoms with Crippen LogP contribution in [0.1, 0.15) is 24.2 Å². The largest absolute Gasteiger partial charge is 0.478 e. The van der Waals surface area contributed by atoms with Crippen LogP contribution in [0, 0.1) is 0 Å². The van der Waals surface area contributed by atoms with Crippen LogP contribution < -0.4 is 10.6 Å². The zero-order valence-electron chi connectivity index (χ0n) is 11.9. The summed E-state index contributed by atoms with van der Waals surface area (Å²) in [6.45, 7) is 3.63. The van der Waals surface area contributed by atoms with E-state index in [9.17, 15) is 14.7 Å². The van der Waals surface area contributed by atoms with Crippen LogP contribution in [0.25, 0.3) is 10.9 Å². The van der Waals surface area contributed by atoms with E-state index in [0.717, 1.165) is 5.39 Å². The summed E-state index contributed by atoms with van der Waals surface area (Å²) in [5.74, 6) is -1.36. The van der Waals surface area contributed by atoms with Gasteiger partial charge in [-0.3, -0.25) is 4.79 Å². The second-order valence-electron chi connectivity index (χ2n) is 5.05. The van der Waals surface area contributed by atoms with E-state index in [0.29, 0.717) is 5.52 Å². The van der Waals surface area contributed by atoms with E-state index < -0.39 is 11.9 Å². The van der Waals surface area contributed by atoms with Crippen LogP contribution in [-0.2, 0) is 4.79 Å². The molecule has 0 aliphatic rings. The third-order valence-electron chi connectivity index (χ3n) is 3.16. The predicted molar refractivity (Wildman–Crippen MR) is 80.4 cm³/mol. The summed E-state index contributed by atoms with van der Waals surface area (Å²) >= 11 is 0. The first kappa shape index (κ1) is 14.8. The molecule has 21 heavy (non-hydrogen) atoms. The lowest BCUT2D eigenvalue weighted by Gasteiger charge is -2.27. The van der Waals surface area contributed by atoms with Crippen LogP contribution in [0.4, 0.5) is 5.82 Å². The maximum absolute atomic E-state index is 11.5. The molecule has 0 aliphatic heterocycles. The molecule has 110 valence electrons. The van der Waals surface area contributed by atoms with E-state index in [1.807, 2.05) is 26.0 Å². The van der Waals surface area contributed by atoms with Gasteiger partial charge in [-0.2, -0.15) is 0 Å². The number of hydrogen-bond acceptors (Lipinski definition) is 4. The first-order valence-corrected chi connectivity index (χ1v) is 6.58. The minimum absolute atomic E-state index is 0.0589. The van der Waals surface area contributed by atoms with Crippen LogP contribution in [0.15, 0.2) is 30.3 Å². The van der Waals surface area contributed by atoms with E-state index in [2.05, 4.69) is 4.98 Å². The van der Waals surface area contributed by atoms with Crippen LogP contribution >= 0.6 is 0 Å². The lowest BCUT2D eigenvalue weighted by molar-refractivity contribution is -0.116. The van der Waals surface area contributed by atoms with Gasteiger partial charge in [-0.25, -0.2) is 9.78 Å². The Morgan fingerprint density at radius 1 is 1.33 bits per heavy atom. The number of aromatic carboxylic acids is 1. The number of nitrogens with zero attached hydrogens (tertiary/aromatic N) is 2. The third kappa shape index (κ3) is 3.10. The second-order valence-corrected chi connectivity index (χ2v) is 5.05. The van der Waals surface area contributed by atoms with Gasteiger partial charge in [0, 0.05) is 11.4 Å². The molecule has 0 radical (unpaired) electrons. The smallest absolute Gasteiger partial charge is 0.339 e. The fourth-order valence-corrected chi connectivity index (χ4v) is 2.15. The normalized spacial score (nSPS) is 10.8. The maximum Gasteiger partial charge on any atom is 0.339 e. The first-order valence-electron chi connectivity index (χ1n) is 6.58. The number of carbonyl (C=O) groups excluding carboxylic acids is 1. The summed E-state index contributed by atoms with van der Waals surface area (Å²) in [5.41, 5.74) is 5.98. The molecule has 0 atom stereocenters. The lowest BCUT2D eigenvalue weighted by Crippen LogP contribution is -2.40. The molecular weight excluding hydrogens is 270 g/mol. The predicted octanol–water partition coefficient (Wildman–Crippen LogP) is 1.63. The third-order valence-corrected chi connectivity index (χ3v) is 3.16. The quantitative estimate of drug-likeness (QED) is 0.871. The number of amides is 1. The van der Waals surface area contributed by atoms with E-state index in [1.54, 1.807) is 23.1 Å². The molecule has 0 bridgehead atoms. The van der Waals surface area contributed by atoms with Crippen LogP contribution in [0.2, 0.25) is 0 Å². The molecule has 2 aromatic rings. The number of carboxylic acids is 1. The highest BCUT2D eigenvalue weighted by atomic mass is 16.4. The monoisotopic (exact) mass is 287 g/mol. The molecule has 6 heteroatoms. The number of anilines is 1. The standard InChI is InChI=1S/C15H17N3O3/c1-9(2)18(8-13(16)19)14-11(15(20)21)7-10-5-3-4-6-12(10)17-14/h3-7,9H,8H2,1-2H3,(H2,16,19)(H,20,21). The fraction of sp³-hybridized carbons (Fsp3) is 0.267. The number of hydrogen-bond donors (Lipinski definition) is 2. The summed E-state index contributed by atoms with van der Waals surface area (Å²) < 4.78 is 0. The van der Waals surface area contributed by atoms with Gasteiger partial charge in [-0.1, -0.05) is 18.2 Å². The van der Waals surface area contributed by atoms with Crippen molar-refractivity contribution < 1.29 is 14.7 Å². The number of pyridine rings is 1. The van der Waals surface area contributed by atoms with Crippen molar-refractivity contribution >= 4 is 28.6 Å². The molecule has 1 heterocycles. The van der Waals surface area contributed by atoms with Gasteiger partial charge in [0.25, 0.3) is 0 Å². The maximum atomic E-state index is 11.5. The first-order chi connectivity index (χ1) is 9.90. The zero-order valence-corrected chi connectivity index (χ0v) is 11.9. The van der Waals surface area contributed by atoms with Crippen molar-refractivity contribution in [3.8, 4) is 0 Å². The van der Waals surface area contributed by atoms with Gasteiger partial charge < -0.3 is 15.7 Å². The molecule has 3 N–H and O–H groups in total. The molecule has 0 spiro atoms. The van der Waals surface area contributed by atoms with Crippen molar-refractivity contribution in [2.75, 3.05) is 11.4 Å². The number of nitrogens with two attached hydrogens (primary N) is 1. The van der Waals surface area contributed by atoms with E-state index >= 15 is 0 Å². The Bertz CT molecular complexity index is 698. The van der Waals surface area contributed by atoms with Crippen LogP contribution in [-0.4, -0.2) is 34.6 Å². The average Bonchev–Trinajstić information content (AvgIpc) is 2.42. The molecule has 6 nitrogen and oxygen atoms in total. The number of aromatic nitrogens is 1. The Labute approximate surface area is 122 Å². The summed E-state index contributed by atoms with van der Waals surface area (Å²) in [7, 11) is 0. The molecule has 0 saturated carbocycles. The van der Waals surface area contributed by atoms with E-state index in [1.165, 1.54) is 0 Å². The van der Waals surface area contributed by atoms with Crippen molar-refractivity contribution in [1.82, 2.24) is 4.98 Å². The molecule has 0 fully saturated rings. The summed E-state index contributed by atoms with van der Waals surface area (Å²) in [5, 5.41) is 10.1. The van der Waals surface area contributed by atoms with Crippen molar-refractivity contribution in [2.45, 2.75) is 19.9 Å². The number of benzene rings is 1. The average molecular weight is 287 g/mol. The lowest BCUT2D eigenvalue weighted by atomic mass is 10.1. The summed E-state index contributed by atoms with van der Waals surface area (Å²) in [6, 6.07) is 8.70. The van der Waals surface area contributed by atoms with Gasteiger partial charge in [-0.05, 0) is 26.0 Å². The van der Waals surface area contributed by atoms with Gasteiger partial charge in [0.1, 0.15) is 11.4 Å². The Balaban J connectivity index is 2.65. The minimum Gasteiger partial charge on any atom is -0.478 e. The topological polar surface area (TPSA) is 96.5 Å². The van der Waals surface area contributed by atoms with Gasteiger partial charge in [0.2, 0.25) is 5.91 Å². The van der Waals surface area contributed by atoms with Gasteiger partial charge >= 0.3 is 5.97 Å². The summed E-state index contributed by atoms with van der Waals surface area (Å²) in [4.78, 5) is 28.7. The van der Waals surface area contributed by atoms with Crippen LogP contribution in [0.3, 0.4) is 0 Å². The molecule has 1 amide bonds. The molecule has 0 aliphatic carbocycles. The number of fused-ring (bicyclic) bond motifs is 1.